The van der Waals surface area contributed by atoms with Crippen LogP contribution in [-0.2, 0) is 11.2 Å². The molecule has 0 bridgehead atoms. The molecule has 1 atom stereocenters. The lowest BCUT2D eigenvalue weighted by molar-refractivity contribution is -0.117. The molecular weight excluding hydrogens is 372 g/mol. The standard InChI is InChI=1S/C21H20N4O4/c22-21(28)25-17(12-14-6-2-1-3-7-14)19(26)23-15-8-4-9-16(13-15)24-20(27)18-10-5-11-29-18/h1-11,13,17H,12H2,(H,23,26)(H,24,27)(H3,22,25,28)/t17-/m0/s1. The van der Waals surface area contributed by atoms with E-state index in [2.05, 4.69) is 16.0 Å². The molecule has 1 heterocycles. The molecule has 2 aromatic carbocycles. The second kappa shape index (κ2) is 9.23. The van der Waals surface area contributed by atoms with Gasteiger partial charge in [-0.05, 0) is 35.9 Å². The lowest BCUT2D eigenvalue weighted by atomic mass is 10.1. The van der Waals surface area contributed by atoms with Crippen LogP contribution >= 0.6 is 0 Å². The van der Waals surface area contributed by atoms with E-state index in [1.807, 2.05) is 30.3 Å². The van der Waals surface area contributed by atoms with Crippen molar-refractivity contribution in [1.29, 1.82) is 0 Å². The lowest BCUT2D eigenvalue weighted by Gasteiger charge is -2.18. The Morgan fingerprint density at radius 3 is 2.28 bits per heavy atom. The summed E-state index contributed by atoms with van der Waals surface area (Å²) in [6.45, 7) is 0. The van der Waals surface area contributed by atoms with Crippen LogP contribution in [0, 0.1) is 0 Å². The summed E-state index contributed by atoms with van der Waals surface area (Å²) >= 11 is 0. The van der Waals surface area contributed by atoms with E-state index in [1.54, 1.807) is 36.4 Å². The van der Waals surface area contributed by atoms with E-state index >= 15 is 0 Å². The maximum Gasteiger partial charge on any atom is 0.312 e. The summed E-state index contributed by atoms with van der Waals surface area (Å²) in [5.74, 6) is -0.661. The summed E-state index contributed by atoms with van der Waals surface area (Å²) in [4.78, 5) is 36.1. The second-order valence-corrected chi connectivity index (χ2v) is 6.25. The Labute approximate surface area is 167 Å². The number of hydrogen-bond donors (Lipinski definition) is 4. The molecule has 0 aliphatic rings. The summed E-state index contributed by atoms with van der Waals surface area (Å²) in [7, 11) is 0. The molecule has 8 nitrogen and oxygen atoms in total. The highest BCUT2D eigenvalue weighted by Gasteiger charge is 2.20. The average Bonchev–Trinajstić information content (AvgIpc) is 3.23. The maximum atomic E-state index is 12.7. The van der Waals surface area contributed by atoms with E-state index in [0.29, 0.717) is 11.4 Å². The van der Waals surface area contributed by atoms with Gasteiger partial charge in [0.1, 0.15) is 6.04 Å². The predicted molar refractivity (Wildman–Crippen MR) is 108 cm³/mol. The number of urea groups is 1. The molecule has 0 aliphatic carbocycles. The number of hydrogen-bond acceptors (Lipinski definition) is 4. The van der Waals surface area contributed by atoms with Crippen molar-refractivity contribution >= 4 is 29.2 Å². The SMILES string of the molecule is NC(=O)N[C@@H](Cc1ccccc1)C(=O)Nc1cccc(NC(=O)c2ccco2)c1. The fourth-order valence-corrected chi connectivity index (χ4v) is 2.74. The molecule has 5 N–H and O–H groups in total. The fraction of sp³-hybridized carbons (Fsp3) is 0.0952. The van der Waals surface area contributed by atoms with E-state index < -0.39 is 23.9 Å². The van der Waals surface area contributed by atoms with E-state index in [-0.39, 0.29) is 12.2 Å². The summed E-state index contributed by atoms with van der Waals surface area (Å²) in [5, 5.41) is 7.88. The molecule has 0 radical (unpaired) electrons. The smallest absolute Gasteiger partial charge is 0.312 e. The number of primary amides is 1. The van der Waals surface area contributed by atoms with Crippen molar-refractivity contribution in [3.05, 3.63) is 84.3 Å². The number of anilines is 2. The molecule has 3 rings (SSSR count). The van der Waals surface area contributed by atoms with Gasteiger partial charge in [0.05, 0.1) is 6.26 Å². The minimum absolute atomic E-state index is 0.174. The van der Waals surface area contributed by atoms with Gasteiger partial charge in [0, 0.05) is 17.8 Å². The van der Waals surface area contributed by atoms with Crippen LogP contribution in [-0.4, -0.2) is 23.9 Å². The Morgan fingerprint density at radius 1 is 0.897 bits per heavy atom. The van der Waals surface area contributed by atoms with Gasteiger partial charge in [-0.2, -0.15) is 0 Å². The summed E-state index contributed by atoms with van der Waals surface area (Å²) in [6, 6.07) is 17.4. The number of nitrogens with one attached hydrogen (secondary N) is 3. The normalized spacial score (nSPS) is 11.3. The molecular formula is C21H20N4O4. The number of benzene rings is 2. The minimum Gasteiger partial charge on any atom is -0.459 e. The first kappa shape index (κ1) is 19.7. The first-order valence-electron chi connectivity index (χ1n) is 8.87. The first-order valence-corrected chi connectivity index (χ1v) is 8.87. The molecule has 0 unspecified atom stereocenters. The van der Waals surface area contributed by atoms with Gasteiger partial charge in [-0.1, -0.05) is 36.4 Å². The third-order valence-corrected chi connectivity index (χ3v) is 4.05. The minimum atomic E-state index is -0.851. The summed E-state index contributed by atoms with van der Waals surface area (Å²) in [6.07, 6.45) is 1.69. The molecule has 0 aliphatic heterocycles. The van der Waals surface area contributed by atoms with Crippen LogP contribution < -0.4 is 21.7 Å². The van der Waals surface area contributed by atoms with Crippen molar-refractivity contribution in [3.8, 4) is 0 Å². The van der Waals surface area contributed by atoms with Gasteiger partial charge in [0.15, 0.2) is 5.76 Å². The molecule has 0 saturated carbocycles. The van der Waals surface area contributed by atoms with Gasteiger partial charge in [0.25, 0.3) is 5.91 Å². The van der Waals surface area contributed by atoms with Crippen LogP contribution in [0.4, 0.5) is 16.2 Å². The van der Waals surface area contributed by atoms with Crippen molar-refractivity contribution in [2.45, 2.75) is 12.5 Å². The Balaban J connectivity index is 1.68. The van der Waals surface area contributed by atoms with Crippen molar-refractivity contribution in [2.24, 2.45) is 5.73 Å². The van der Waals surface area contributed by atoms with Crippen LogP contribution in [0.25, 0.3) is 0 Å². The monoisotopic (exact) mass is 392 g/mol. The fourth-order valence-electron chi connectivity index (χ4n) is 2.74. The molecule has 3 aromatic rings. The Kier molecular flexibility index (Phi) is 6.26. The predicted octanol–water partition coefficient (Wildman–Crippen LogP) is 2.75. The van der Waals surface area contributed by atoms with Gasteiger partial charge < -0.3 is 26.1 Å². The number of furan rings is 1. The number of rotatable bonds is 7. The summed E-state index contributed by atoms with van der Waals surface area (Å²) < 4.78 is 5.05. The first-order chi connectivity index (χ1) is 14.0. The van der Waals surface area contributed by atoms with Gasteiger partial charge in [-0.15, -0.1) is 0 Å². The van der Waals surface area contributed by atoms with Crippen LogP contribution in [0.5, 0.6) is 0 Å². The Morgan fingerprint density at radius 2 is 1.62 bits per heavy atom. The third kappa shape index (κ3) is 5.70. The number of amides is 4. The topological polar surface area (TPSA) is 126 Å². The van der Waals surface area contributed by atoms with Crippen molar-refractivity contribution in [1.82, 2.24) is 5.32 Å². The van der Waals surface area contributed by atoms with Gasteiger partial charge in [0.2, 0.25) is 5.91 Å². The van der Waals surface area contributed by atoms with Crippen LogP contribution in [0.15, 0.2) is 77.4 Å². The zero-order chi connectivity index (χ0) is 20.6. The molecule has 0 saturated heterocycles. The molecule has 4 amide bonds. The maximum absolute atomic E-state index is 12.7. The Bertz CT molecular complexity index is 987. The van der Waals surface area contributed by atoms with Crippen molar-refractivity contribution in [2.75, 3.05) is 10.6 Å². The largest absolute Gasteiger partial charge is 0.459 e. The molecule has 1 aromatic heterocycles. The van der Waals surface area contributed by atoms with Crippen LogP contribution in [0.2, 0.25) is 0 Å². The lowest BCUT2D eigenvalue weighted by Crippen LogP contribution is -2.47. The second-order valence-electron chi connectivity index (χ2n) is 6.25. The highest BCUT2D eigenvalue weighted by molar-refractivity contribution is 6.03. The number of nitrogens with two attached hydrogens (primary N) is 1. The number of carbonyl (C=O) groups is 3. The van der Waals surface area contributed by atoms with Crippen molar-refractivity contribution < 1.29 is 18.8 Å². The zero-order valence-electron chi connectivity index (χ0n) is 15.4. The van der Waals surface area contributed by atoms with Gasteiger partial charge >= 0.3 is 6.03 Å². The Hall–Kier alpha value is -4.07. The van der Waals surface area contributed by atoms with E-state index in [0.717, 1.165) is 5.56 Å². The highest BCUT2D eigenvalue weighted by atomic mass is 16.3. The van der Waals surface area contributed by atoms with Crippen LogP contribution in [0.1, 0.15) is 16.1 Å². The molecule has 29 heavy (non-hydrogen) atoms. The van der Waals surface area contributed by atoms with E-state index in [9.17, 15) is 14.4 Å². The zero-order valence-corrected chi connectivity index (χ0v) is 15.4. The quantitative estimate of drug-likeness (QED) is 0.493. The summed E-state index contributed by atoms with van der Waals surface area (Å²) in [5.41, 5.74) is 7.03. The molecule has 0 fully saturated rings. The highest BCUT2D eigenvalue weighted by Crippen LogP contribution is 2.17. The van der Waals surface area contributed by atoms with E-state index in [4.69, 9.17) is 10.2 Å². The molecule has 0 spiro atoms. The van der Waals surface area contributed by atoms with Crippen LogP contribution in [0.3, 0.4) is 0 Å². The van der Waals surface area contributed by atoms with Crippen molar-refractivity contribution in [3.63, 3.8) is 0 Å². The molecule has 148 valence electrons. The van der Waals surface area contributed by atoms with Gasteiger partial charge in [-0.3, -0.25) is 9.59 Å². The molecule has 8 heteroatoms. The third-order valence-electron chi connectivity index (χ3n) is 4.05. The number of carbonyl (C=O) groups excluding carboxylic acids is 3. The average molecular weight is 392 g/mol. The van der Waals surface area contributed by atoms with Gasteiger partial charge in [-0.25, -0.2) is 4.79 Å². The van der Waals surface area contributed by atoms with E-state index in [1.165, 1.54) is 6.26 Å².